The predicted molar refractivity (Wildman–Crippen MR) is 92.3 cm³/mol. The Bertz CT molecular complexity index is 680. The Morgan fingerprint density at radius 3 is 1.27 bits per heavy atom. The van der Waals surface area contributed by atoms with Crippen LogP contribution in [0.4, 0.5) is 0 Å². The van der Waals surface area contributed by atoms with E-state index in [-0.39, 0.29) is 24.8 Å². The molecule has 0 radical (unpaired) electrons. The van der Waals surface area contributed by atoms with Crippen LogP contribution in [0.15, 0.2) is 60.7 Å². The van der Waals surface area contributed by atoms with Gasteiger partial charge in [-0.3, -0.25) is 9.59 Å². The Balaban J connectivity index is 0.000000151. The van der Waals surface area contributed by atoms with E-state index in [9.17, 15) is 19.8 Å². The van der Waals surface area contributed by atoms with Crippen molar-refractivity contribution in [2.24, 2.45) is 0 Å². The van der Waals surface area contributed by atoms with E-state index in [1.165, 1.54) is 0 Å². The number of benzene rings is 2. The van der Waals surface area contributed by atoms with Gasteiger partial charge in [0.25, 0.3) is 0 Å². The molecule has 0 bridgehead atoms. The fraction of sp³-hybridized carbons (Fsp3) is 0.300. The number of hydrogen-bond acceptors (Lipinski definition) is 6. The monoisotopic (exact) mass is 356 g/mol. The molecule has 0 spiro atoms. The fourth-order valence-electron chi connectivity index (χ4n) is 2.68. The SMILES string of the molecule is O=C1CO[C@@H]1[C@@H](O)c1ccccc1.O=C1CO[C@@H]1[C@@H](O)c1ccccc1. The van der Waals surface area contributed by atoms with Gasteiger partial charge in [0.15, 0.2) is 11.6 Å². The van der Waals surface area contributed by atoms with Gasteiger partial charge in [-0.2, -0.15) is 0 Å². The van der Waals surface area contributed by atoms with E-state index in [0.29, 0.717) is 0 Å². The van der Waals surface area contributed by atoms with Gasteiger partial charge >= 0.3 is 0 Å². The lowest BCUT2D eigenvalue weighted by Crippen LogP contribution is -2.44. The molecule has 6 heteroatoms. The number of ketones is 2. The molecule has 2 fully saturated rings. The summed E-state index contributed by atoms with van der Waals surface area (Å²) in [4.78, 5) is 21.9. The number of aliphatic hydroxyl groups is 2. The number of carbonyl (C=O) groups is 2. The van der Waals surface area contributed by atoms with Crippen LogP contribution >= 0.6 is 0 Å². The van der Waals surface area contributed by atoms with E-state index in [1.807, 2.05) is 36.4 Å². The Morgan fingerprint density at radius 1 is 0.692 bits per heavy atom. The van der Waals surface area contributed by atoms with Crippen molar-refractivity contribution >= 4 is 11.6 Å². The number of Topliss-reactive ketones (excluding diaryl/α,β-unsaturated/α-hetero) is 2. The highest BCUT2D eigenvalue weighted by atomic mass is 16.5. The molecule has 4 atom stereocenters. The first-order valence-corrected chi connectivity index (χ1v) is 8.32. The van der Waals surface area contributed by atoms with E-state index in [2.05, 4.69) is 0 Å². The smallest absolute Gasteiger partial charge is 0.190 e. The zero-order valence-corrected chi connectivity index (χ0v) is 14.0. The van der Waals surface area contributed by atoms with Gasteiger partial charge in [0.2, 0.25) is 0 Å². The van der Waals surface area contributed by atoms with Gasteiger partial charge in [0.05, 0.1) is 0 Å². The summed E-state index contributed by atoms with van der Waals surface area (Å²) in [6.07, 6.45) is -2.94. The lowest BCUT2D eigenvalue weighted by molar-refractivity contribution is -0.168. The van der Waals surface area contributed by atoms with Crippen molar-refractivity contribution < 1.29 is 29.3 Å². The van der Waals surface area contributed by atoms with Crippen molar-refractivity contribution in [2.75, 3.05) is 13.2 Å². The molecular formula is C20H20O6. The van der Waals surface area contributed by atoms with Crippen LogP contribution in [0.5, 0.6) is 0 Å². The van der Waals surface area contributed by atoms with Crippen molar-refractivity contribution in [3.63, 3.8) is 0 Å². The van der Waals surface area contributed by atoms with Gasteiger partial charge in [0.1, 0.15) is 37.6 Å². The highest BCUT2D eigenvalue weighted by molar-refractivity contribution is 5.89. The van der Waals surface area contributed by atoms with E-state index in [0.717, 1.165) is 11.1 Å². The minimum absolute atomic E-state index is 0.0312. The third kappa shape index (κ3) is 4.05. The molecule has 0 amide bonds. The van der Waals surface area contributed by atoms with Crippen LogP contribution in [0.2, 0.25) is 0 Å². The van der Waals surface area contributed by atoms with E-state index >= 15 is 0 Å². The van der Waals surface area contributed by atoms with Crippen molar-refractivity contribution in [1.29, 1.82) is 0 Å². The van der Waals surface area contributed by atoms with E-state index < -0.39 is 24.4 Å². The summed E-state index contributed by atoms with van der Waals surface area (Å²) in [5.41, 5.74) is 1.45. The molecule has 6 nitrogen and oxygen atoms in total. The van der Waals surface area contributed by atoms with Gasteiger partial charge in [-0.1, -0.05) is 60.7 Å². The van der Waals surface area contributed by atoms with Crippen LogP contribution in [-0.4, -0.2) is 47.2 Å². The fourth-order valence-corrected chi connectivity index (χ4v) is 2.68. The number of hydrogen-bond donors (Lipinski definition) is 2. The van der Waals surface area contributed by atoms with Crippen LogP contribution in [0.1, 0.15) is 23.3 Å². The van der Waals surface area contributed by atoms with Gasteiger partial charge < -0.3 is 19.7 Å². The van der Waals surface area contributed by atoms with Gasteiger partial charge in [0, 0.05) is 0 Å². The molecule has 0 saturated carbocycles. The normalized spacial score (nSPS) is 23.8. The van der Waals surface area contributed by atoms with Crippen molar-refractivity contribution in [3.8, 4) is 0 Å². The summed E-state index contributed by atoms with van der Waals surface area (Å²) in [7, 11) is 0. The highest BCUT2D eigenvalue weighted by Gasteiger charge is 2.37. The second-order valence-electron chi connectivity index (χ2n) is 6.11. The zero-order valence-electron chi connectivity index (χ0n) is 14.0. The topological polar surface area (TPSA) is 93.1 Å². The third-order valence-electron chi connectivity index (χ3n) is 4.30. The largest absolute Gasteiger partial charge is 0.385 e. The molecule has 2 aromatic rings. The van der Waals surface area contributed by atoms with Gasteiger partial charge in [-0.25, -0.2) is 0 Å². The average molecular weight is 356 g/mol. The maximum Gasteiger partial charge on any atom is 0.190 e. The Morgan fingerprint density at radius 2 is 1.04 bits per heavy atom. The first kappa shape index (κ1) is 18.4. The average Bonchev–Trinajstić information content (AvgIpc) is 2.67. The number of rotatable bonds is 4. The molecule has 2 saturated heterocycles. The van der Waals surface area contributed by atoms with Crippen LogP contribution in [0.25, 0.3) is 0 Å². The Hall–Kier alpha value is -2.38. The molecule has 4 rings (SSSR count). The molecule has 2 heterocycles. The summed E-state index contributed by atoms with van der Waals surface area (Å²) < 4.78 is 9.92. The quantitative estimate of drug-likeness (QED) is 0.860. The van der Waals surface area contributed by atoms with Crippen LogP contribution in [-0.2, 0) is 19.1 Å². The lowest BCUT2D eigenvalue weighted by atomic mass is 9.99. The summed E-state index contributed by atoms with van der Waals surface area (Å²) >= 11 is 0. The summed E-state index contributed by atoms with van der Waals surface area (Å²) in [6.45, 7) is 0.267. The molecule has 0 unspecified atom stereocenters. The van der Waals surface area contributed by atoms with E-state index in [1.54, 1.807) is 24.3 Å². The second kappa shape index (κ2) is 8.33. The van der Waals surface area contributed by atoms with Crippen molar-refractivity contribution in [3.05, 3.63) is 71.8 Å². The van der Waals surface area contributed by atoms with Crippen molar-refractivity contribution in [1.82, 2.24) is 0 Å². The Labute approximate surface area is 151 Å². The predicted octanol–water partition coefficient (Wildman–Crippen LogP) is 1.38. The standard InChI is InChI=1S/2C10H10O3/c2*11-8-6-13-10(8)9(12)7-4-2-1-3-5-7/h2*1-5,9-10,12H,6H2/t2*9-,10-/m00/s1. The minimum Gasteiger partial charge on any atom is -0.385 e. The van der Waals surface area contributed by atoms with Gasteiger partial charge in [-0.05, 0) is 11.1 Å². The summed E-state index contributed by atoms with van der Waals surface area (Å²) in [5, 5.41) is 19.3. The maximum atomic E-state index is 11.0. The minimum atomic E-state index is -0.817. The third-order valence-corrected chi connectivity index (χ3v) is 4.30. The van der Waals surface area contributed by atoms with Gasteiger partial charge in [-0.15, -0.1) is 0 Å². The summed E-state index contributed by atoms with van der Waals surface area (Å²) in [6, 6.07) is 18.1. The number of carbonyl (C=O) groups excluding carboxylic acids is 2. The summed E-state index contributed by atoms with van der Waals surface area (Å²) in [5.74, 6) is -0.0623. The first-order chi connectivity index (χ1) is 12.6. The van der Waals surface area contributed by atoms with Crippen molar-refractivity contribution in [2.45, 2.75) is 24.4 Å². The zero-order chi connectivity index (χ0) is 18.5. The first-order valence-electron chi connectivity index (χ1n) is 8.32. The molecule has 2 N–H and O–H groups in total. The molecule has 136 valence electrons. The molecule has 2 aliphatic heterocycles. The van der Waals surface area contributed by atoms with Crippen LogP contribution in [0, 0.1) is 0 Å². The number of ether oxygens (including phenoxy) is 2. The molecule has 2 aliphatic rings. The number of aliphatic hydroxyl groups excluding tert-OH is 2. The molecule has 0 aliphatic carbocycles. The molecule has 2 aromatic carbocycles. The van der Waals surface area contributed by atoms with Crippen LogP contribution in [0.3, 0.4) is 0 Å². The second-order valence-corrected chi connectivity index (χ2v) is 6.11. The lowest BCUT2D eigenvalue weighted by Gasteiger charge is -2.29. The molecular weight excluding hydrogens is 336 g/mol. The molecule has 26 heavy (non-hydrogen) atoms. The highest BCUT2D eigenvalue weighted by Crippen LogP contribution is 2.25. The maximum absolute atomic E-state index is 11.0. The molecule has 0 aromatic heterocycles. The van der Waals surface area contributed by atoms with E-state index in [4.69, 9.17) is 9.47 Å². The Kier molecular flexibility index (Phi) is 5.90. The van der Waals surface area contributed by atoms with Crippen LogP contribution < -0.4 is 0 Å².